The van der Waals surface area contributed by atoms with Crippen molar-refractivity contribution in [3.05, 3.63) is 64.2 Å². The molecule has 1 aromatic heterocycles. The lowest BCUT2D eigenvalue weighted by molar-refractivity contribution is 0.0317. The molecule has 0 saturated heterocycles. The van der Waals surface area contributed by atoms with Crippen molar-refractivity contribution < 1.29 is 14.6 Å². The van der Waals surface area contributed by atoms with E-state index in [0.717, 1.165) is 50.6 Å². The second-order valence-electron chi connectivity index (χ2n) is 8.27. The summed E-state index contributed by atoms with van der Waals surface area (Å²) in [5, 5.41) is 24.0. The van der Waals surface area contributed by atoms with Gasteiger partial charge in [-0.3, -0.25) is 0 Å². The number of hydrogen-bond acceptors (Lipinski definition) is 3. The minimum atomic E-state index is -0.858. The summed E-state index contributed by atoms with van der Waals surface area (Å²) in [5.74, 6) is 0.585. The molecule has 4 bridgehead atoms. The van der Waals surface area contributed by atoms with Crippen LogP contribution in [0.4, 0.5) is 0 Å². The van der Waals surface area contributed by atoms with E-state index in [0.29, 0.717) is 5.92 Å². The molecule has 3 aromatic carbocycles. The Morgan fingerprint density at radius 1 is 1.08 bits per heavy atom. The number of phenolic OH excluding ortho intramolecular Hbond substituents is 1. The Bertz CT molecular complexity index is 1390. The van der Waals surface area contributed by atoms with Gasteiger partial charge >= 0.3 is 0 Å². The molecule has 2 N–H and O–H groups in total. The van der Waals surface area contributed by atoms with Crippen LogP contribution in [0.2, 0.25) is 0 Å². The molecule has 8 rings (SSSR count). The van der Waals surface area contributed by atoms with E-state index in [4.69, 9.17) is 4.42 Å². The third kappa shape index (κ3) is 0.830. The zero-order valence-corrected chi connectivity index (χ0v) is 14.1. The van der Waals surface area contributed by atoms with Crippen LogP contribution in [0.3, 0.4) is 0 Å². The van der Waals surface area contributed by atoms with Gasteiger partial charge < -0.3 is 14.6 Å². The quantitative estimate of drug-likeness (QED) is 0.560. The van der Waals surface area contributed by atoms with Crippen molar-refractivity contribution in [2.24, 2.45) is 0 Å². The molecule has 4 aliphatic rings. The van der Waals surface area contributed by atoms with Gasteiger partial charge in [0.25, 0.3) is 0 Å². The van der Waals surface area contributed by atoms with Gasteiger partial charge in [0.05, 0.1) is 5.41 Å². The molecule has 0 radical (unpaired) electrons. The maximum Gasteiger partial charge on any atom is 0.140 e. The van der Waals surface area contributed by atoms with E-state index >= 15 is 0 Å². The van der Waals surface area contributed by atoms with E-state index < -0.39 is 5.60 Å². The van der Waals surface area contributed by atoms with Crippen LogP contribution < -0.4 is 0 Å². The Balaban J connectivity index is 1.65. The zero-order chi connectivity index (χ0) is 17.2. The van der Waals surface area contributed by atoms with Crippen LogP contribution in [-0.4, -0.2) is 10.2 Å². The first kappa shape index (κ1) is 12.6. The lowest BCUT2D eigenvalue weighted by atomic mass is 9.47. The van der Waals surface area contributed by atoms with E-state index in [-0.39, 0.29) is 11.2 Å². The van der Waals surface area contributed by atoms with Crippen molar-refractivity contribution in [3.63, 3.8) is 0 Å². The molecule has 0 saturated carbocycles. The van der Waals surface area contributed by atoms with Crippen molar-refractivity contribution >= 4 is 21.9 Å². The van der Waals surface area contributed by atoms with Crippen LogP contribution in [0.5, 0.6) is 5.75 Å². The van der Waals surface area contributed by atoms with Crippen molar-refractivity contribution in [3.8, 4) is 16.9 Å². The van der Waals surface area contributed by atoms with Gasteiger partial charge in [0.2, 0.25) is 0 Å². The number of fused-ring (bicyclic) bond motifs is 2. The number of hydrogen-bond donors (Lipinski definition) is 2. The summed E-state index contributed by atoms with van der Waals surface area (Å²) < 4.78 is 6.33. The molecule has 124 valence electrons. The predicted octanol–water partition coefficient (Wildman–Crippen LogP) is 4.63. The highest BCUT2D eigenvalue weighted by atomic mass is 16.3. The fraction of sp³-hybridized carbons (Fsp3) is 0.217. The lowest BCUT2D eigenvalue weighted by Crippen LogP contribution is -2.53. The molecule has 4 aliphatic carbocycles. The third-order valence-electron chi connectivity index (χ3n) is 7.60. The van der Waals surface area contributed by atoms with Gasteiger partial charge in [-0.15, -0.1) is 0 Å². The minimum absolute atomic E-state index is 0.260. The average Bonchev–Trinajstić information content (AvgIpc) is 2.98. The first-order chi connectivity index (χ1) is 12.6. The van der Waals surface area contributed by atoms with E-state index in [1.807, 2.05) is 12.1 Å². The van der Waals surface area contributed by atoms with Gasteiger partial charge in [0.15, 0.2) is 0 Å². The number of aliphatic hydroxyl groups is 1. The van der Waals surface area contributed by atoms with Crippen LogP contribution in [0.15, 0.2) is 40.8 Å². The van der Waals surface area contributed by atoms with Crippen molar-refractivity contribution in [2.75, 3.05) is 0 Å². The molecule has 3 heteroatoms. The van der Waals surface area contributed by atoms with Crippen LogP contribution in [0.1, 0.15) is 47.1 Å². The highest BCUT2D eigenvalue weighted by Crippen LogP contribution is 2.83. The fourth-order valence-corrected chi connectivity index (χ4v) is 6.83. The molecule has 3 atom stereocenters. The van der Waals surface area contributed by atoms with Crippen LogP contribution in [-0.2, 0) is 11.0 Å². The van der Waals surface area contributed by atoms with Gasteiger partial charge in [0.1, 0.15) is 22.5 Å². The van der Waals surface area contributed by atoms with E-state index in [9.17, 15) is 10.2 Å². The zero-order valence-electron chi connectivity index (χ0n) is 14.1. The Morgan fingerprint density at radius 3 is 2.65 bits per heavy atom. The third-order valence-corrected chi connectivity index (χ3v) is 7.60. The summed E-state index contributed by atoms with van der Waals surface area (Å²) in [6.45, 7) is 2.22. The molecular formula is C23H14O3. The highest BCUT2D eigenvalue weighted by Gasteiger charge is 2.80. The smallest absolute Gasteiger partial charge is 0.140 e. The van der Waals surface area contributed by atoms with Crippen LogP contribution in [0, 0.1) is 0 Å². The second kappa shape index (κ2) is 3.17. The normalized spacial score (nSPS) is 30.2. The van der Waals surface area contributed by atoms with E-state index in [1.54, 1.807) is 12.1 Å². The Hall–Kier alpha value is -2.78. The molecule has 26 heavy (non-hydrogen) atoms. The summed E-state index contributed by atoms with van der Waals surface area (Å²) in [4.78, 5) is 0. The van der Waals surface area contributed by atoms with Gasteiger partial charge in [0, 0.05) is 33.4 Å². The molecule has 1 heterocycles. The monoisotopic (exact) mass is 338 g/mol. The minimum Gasteiger partial charge on any atom is -0.508 e. The van der Waals surface area contributed by atoms with Crippen molar-refractivity contribution in [2.45, 2.75) is 30.3 Å². The molecule has 0 amide bonds. The maximum atomic E-state index is 12.0. The number of aromatic hydroxyl groups is 1. The van der Waals surface area contributed by atoms with Gasteiger partial charge in [-0.25, -0.2) is 0 Å². The molecule has 3 unspecified atom stereocenters. The summed E-state index contributed by atoms with van der Waals surface area (Å²) >= 11 is 0. The maximum absolute atomic E-state index is 12.0. The van der Waals surface area contributed by atoms with Gasteiger partial charge in [-0.1, -0.05) is 19.1 Å². The fourth-order valence-electron chi connectivity index (χ4n) is 6.83. The Morgan fingerprint density at radius 2 is 1.88 bits per heavy atom. The second-order valence-corrected chi connectivity index (χ2v) is 8.27. The van der Waals surface area contributed by atoms with Crippen LogP contribution >= 0.6 is 0 Å². The van der Waals surface area contributed by atoms with Crippen molar-refractivity contribution in [1.82, 2.24) is 0 Å². The lowest BCUT2D eigenvalue weighted by Gasteiger charge is -2.54. The van der Waals surface area contributed by atoms with Crippen molar-refractivity contribution in [1.29, 1.82) is 0 Å². The van der Waals surface area contributed by atoms with Gasteiger partial charge in [-0.2, -0.15) is 0 Å². The van der Waals surface area contributed by atoms with E-state index in [2.05, 4.69) is 19.1 Å². The summed E-state index contributed by atoms with van der Waals surface area (Å²) in [5.41, 5.74) is 8.91. The average molecular weight is 338 g/mol. The number of benzene rings is 3. The van der Waals surface area contributed by atoms with Crippen LogP contribution in [0.25, 0.3) is 33.1 Å². The number of phenols is 1. The molecule has 1 spiro atoms. The largest absolute Gasteiger partial charge is 0.508 e. The topological polar surface area (TPSA) is 53.6 Å². The summed E-state index contributed by atoms with van der Waals surface area (Å²) in [7, 11) is 0. The first-order valence-electron chi connectivity index (χ1n) is 9.27. The summed E-state index contributed by atoms with van der Waals surface area (Å²) in [6.07, 6.45) is 1.00. The Kier molecular flexibility index (Phi) is 1.53. The first-order valence-corrected chi connectivity index (χ1v) is 9.27. The number of furan rings is 1. The SMILES string of the molecule is CCC1c2cc3c4cc2C12c1c(-c5ccc(O)cc5)c5c(c3c1o4)C52O. The number of rotatable bonds is 2. The van der Waals surface area contributed by atoms with Gasteiger partial charge in [-0.05, 0) is 52.9 Å². The molecule has 4 aromatic rings. The molecular weight excluding hydrogens is 324 g/mol. The summed E-state index contributed by atoms with van der Waals surface area (Å²) in [6, 6.07) is 11.8. The predicted molar refractivity (Wildman–Crippen MR) is 97.6 cm³/mol. The molecule has 0 fully saturated rings. The molecule has 3 nitrogen and oxygen atoms in total. The standard InChI is InChI=1S/C23H14O3/c1-2-13-11-7-12-15-8-14(11)22(13)20-16(9-3-5-10(24)6-4-9)18-19(23(18,22)25)17(12)21(20)26-15/h3-8,13,24-25H,2H2,1H3. The molecule has 0 aliphatic heterocycles. The highest BCUT2D eigenvalue weighted by molar-refractivity contribution is 6.20. The Labute approximate surface area is 148 Å². The van der Waals surface area contributed by atoms with E-state index in [1.165, 1.54) is 16.7 Å².